The van der Waals surface area contributed by atoms with Crippen molar-refractivity contribution in [2.75, 3.05) is 6.61 Å². The summed E-state index contributed by atoms with van der Waals surface area (Å²) in [4.78, 5) is 3.66. The van der Waals surface area contributed by atoms with E-state index in [-0.39, 0.29) is 0 Å². The zero-order chi connectivity index (χ0) is 8.41. The third kappa shape index (κ3) is 2.13. The molecule has 0 heterocycles. The Morgan fingerprint density at radius 1 is 1.50 bits per heavy atom. The van der Waals surface area contributed by atoms with Crippen molar-refractivity contribution < 1.29 is 23.1 Å². The van der Waals surface area contributed by atoms with Crippen LogP contribution in [0, 0.1) is 0 Å². The molecular weight excluding hydrogens is 151 g/mol. The molecule has 0 radical (unpaired) electrons. The van der Waals surface area contributed by atoms with Crippen LogP contribution >= 0.6 is 0 Å². The van der Waals surface area contributed by atoms with E-state index in [1.165, 1.54) is 0 Å². The standard InChI is InChI=1S/C4H8F3NO2/c1-3(9,2-10-8)4(5,6)7/h9H,2,8H2,1H3. The van der Waals surface area contributed by atoms with E-state index >= 15 is 0 Å². The number of alkyl halides is 3. The molecule has 0 saturated heterocycles. The summed E-state index contributed by atoms with van der Waals surface area (Å²) in [6.07, 6.45) is -4.70. The average molecular weight is 159 g/mol. The fourth-order valence-corrected chi connectivity index (χ4v) is 0.244. The molecule has 0 fully saturated rings. The Balaban J connectivity index is 4.10. The molecule has 0 aliphatic rings. The average Bonchev–Trinajstić information content (AvgIpc) is 1.61. The van der Waals surface area contributed by atoms with Crippen LogP contribution < -0.4 is 5.90 Å². The van der Waals surface area contributed by atoms with Gasteiger partial charge in [-0.15, -0.1) is 0 Å². The molecule has 0 aromatic carbocycles. The summed E-state index contributed by atoms with van der Waals surface area (Å²) >= 11 is 0. The highest BCUT2D eigenvalue weighted by Gasteiger charge is 2.50. The van der Waals surface area contributed by atoms with Crippen LogP contribution in [0.15, 0.2) is 0 Å². The molecule has 0 bridgehead atoms. The number of nitrogens with two attached hydrogens (primary N) is 1. The van der Waals surface area contributed by atoms with Crippen LogP contribution in [0.4, 0.5) is 13.2 Å². The van der Waals surface area contributed by atoms with Gasteiger partial charge in [-0.1, -0.05) is 0 Å². The van der Waals surface area contributed by atoms with Gasteiger partial charge in [0.15, 0.2) is 5.60 Å². The van der Waals surface area contributed by atoms with Crippen molar-refractivity contribution in [3.63, 3.8) is 0 Å². The topological polar surface area (TPSA) is 55.5 Å². The Labute approximate surface area is 55.5 Å². The van der Waals surface area contributed by atoms with Crippen LogP contribution in [0.1, 0.15) is 6.92 Å². The number of hydrogen-bond donors (Lipinski definition) is 2. The number of halogens is 3. The van der Waals surface area contributed by atoms with Crippen molar-refractivity contribution in [2.45, 2.75) is 18.7 Å². The first-order chi connectivity index (χ1) is 4.31. The second-order valence-electron chi connectivity index (χ2n) is 2.08. The maximum absolute atomic E-state index is 11.6. The largest absolute Gasteiger partial charge is 0.419 e. The van der Waals surface area contributed by atoms with Gasteiger partial charge < -0.3 is 9.94 Å². The van der Waals surface area contributed by atoms with E-state index in [4.69, 9.17) is 5.11 Å². The minimum absolute atomic E-state index is 0.583. The summed E-state index contributed by atoms with van der Waals surface area (Å²) in [5.41, 5.74) is -2.86. The molecular formula is C4H8F3NO2. The van der Waals surface area contributed by atoms with Gasteiger partial charge in [-0.3, -0.25) is 0 Å². The minimum atomic E-state index is -4.70. The Hall–Kier alpha value is -0.330. The fourth-order valence-electron chi connectivity index (χ4n) is 0.244. The quantitative estimate of drug-likeness (QED) is 0.565. The second kappa shape index (κ2) is 2.73. The van der Waals surface area contributed by atoms with Crippen molar-refractivity contribution in [1.29, 1.82) is 0 Å². The molecule has 0 rings (SSSR count). The molecule has 1 atom stereocenters. The lowest BCUT2D eigenvalue weighted by Gasteiger charge is -2.24. The van der Waals surface area contributed by atoms with Gasteiger partial charge in [-0.25, -0.2) is 5.90 Å². The van der Waals surface area contributed by atoms with E-state index in [1.54, 1.807) is 0 Å². The highest BCUT2D eigenvalue weighted by Crippen LogP contribution is 2.29. The Bertz CT molecular complexity index is 112. The number of hydrogen-bond acceptors (Lipinski definition) is 3. The van der Waals surface area contributed by atoms with Crippen LogP contribution in [0.2, 0.25) is 0 Å². The van der Waals surface area contributed by atoms with E-state index < -0.39 is 18.4 Å². The van der Waals surface area contributed by atoms with Crippen LogP contribution in [0.25, 0.3) is 0 Å². The Kier molecular flexibility index (Phi) is 2.64. The first kappa shape index (κ1) is 9.67. The Morgan fingerprint density at radius 2 is 1.90 bits per heavy atom. The molecule has 3 N–H and O–H groups in total. The summed E-state index contributed by atoms with van der Waals surface area (Å²) in [5.74, 6) is 4.35. The first-order valence-corrected chi connectivity index (χ1v) is 2.42. The lowest BCUT2D eigenvalue weighted by atomic mass is 10.1. The van der Waals surface area contributed by atoms with Crippen molar-refractivity contribution in [2.24, 2.45) is 5.90 Å². The zero-order valence-electron chi connectivity index (χ0n) is 5.27. The molecule has 10 heavy (non-hydrogen) atoms. The zero-order valence-corrected chi connectivity index (χ0v) is 5.27. The Morgan fingerprint density at radius 3 is 2.00 bits per heavy atom. The van der Waals surface area contributed by atoms with Gasteiger partial charge >= 0.3 is 6.18 Å². The smallest absolute Gasteiger partial charge is 0.379 e. The van der Waals surface area contributed by atoms with Gasteiger partial charge in [0.2, 0.25) is 0 Å². The third-order valence-electron chi connectivity index (χ3n) is 0.975. The molecule has 0 spiro atoms. The molecule has 0 amide bonds. The number of rotatable bonds is 2. The molecule has 1 unspecified atom stereocenters. The van der Waals surface area contributed by atoms with Crippen LogP contribution in [-0.2, 0) is 4.84 Å². The molecule has 0 aromatic heterocycles. The fraction of sp³-hybridized carbons (Fsp3) is 1.00. The van der Waals surface area contributed by atoms with Crippen LogP contribution in [0.5, 0.6) is 0 Å². The highest BCUT2D eigenvalue weighted by atomic mass is 19.4. The van der Waals surface area contributed by atoms with E-state index in [1.807, 2.05) is 0 Å². The van der Waals surface area contributed by atoms with Crippen molar-refractivity contribution in [3.05, 3.63) is 0 Å². The van der Waals surface area contributed by atoms with E-state index in [0.29, 0.717) is 6.92 Å². The second-order valence-corrected chi connectivity index (χ2v) is 2.08. The van der Waals surface area contributed by atoms with Gasteiger partial charge in [0, 0.05) is 0 Å². The predicted octanol–water partition coefficient (Wildman–Crippen LogP) is 0.190. The summed E-state index contributed by atoms with van der Waals surface area (Å²) in [5, 5.41) is 8.52. The molecule has 3 nitrogen and oxygen atoms in total. The molecule has 0 aromatic rings. The van der Waals surface area contributed by atoms with Crippen molar-refractivity contribution in [3.8, 4) is 0 Å². The maximum Gasteiger partial charge on any atom is 0.419 e. The maximum atomic E-state index is 11.6. The SMILES string of the molecule is CC(O)(CON)C(F)(F)F. The van der Waals surface area contributed by atoms with Crippen molar-refractivity contribution in [1.82, 2.24) is 0 Å². The summed E-state index contributed by atoms with van der Waals surface area (Å²) in [7, 11) is 0. The van der Waals surface area contributed by atoms with E-state index in [9.17, 15) is 13.2 Å². The van der Waals surface area contributed by atoms with E-state index in [2.05, 4.69) is 10.7 Å². The first-order valence-electron chi connectivity index (χ1n) is 2.42. The van der Waals surface area contributed by atoms with Gasteiger partial charge in [0.1, 0.15) is 6.61 Å². The summed E-state index contributed by atoms with van der Waals surface area (Å²) in [6, 6.07) is 0. The van der Waals surface area contributed by atoms with Gasteiger partial charge in [-0.05, 0) is 6.92 Å². The lowest BCUT2D eigenvalue weighted by Crippen LogP contribution is -2.46. The molecule has 62 valence electrons. The summed E-state index contributed by atoms with van der Waals surface area (Å²) < 4.78 is 34.9. The van der Waals surface area contributed by atoms with Crippen LogP contribution in [-0.4, -0.2) is 23.5 Å². The highest BCUT2D eigenvalue weighted by molar-refractivity contribution is 4.80. The van der Waals surface area contributed by atoms with Gasteiger partial charge in [-0.2, -0.15) is 13.2 Å². The normalized spacial score (nSPS) is 18.6. The molecule has 0 aliphatic heterocycles. The summed E-state index contributed by atoms with van der Waals surface area (Å²) in [6.45, 7) is -0.379. The van der Waals surface area contributed by atoms with Gasteiger partial charge in [0.05, 0.1) is 0 Å². The molecule has 6 heteroatoms. The lowest BCUT2D eigenvalue weighted by molar-refractivity contribution is -0.268. The molecule has 0 aliphatic carbocycles. The third-order valence-corrected chi connectivity index (χ3v) is 0.975. The van der Waals surface area contributed by atoms with Gasteiger partial charge in [0.25, 0.3) is 0 Å². The monoisotopic (exact) mass is 159 g/mol. The predicted molar refractivity (Wildman–Crippen MR) is 26.8 cm³/mol. The van der Waals surface area contributed by atoms with E-state index in [0.717, 1.165) is 0 Å². The van der Waals surface area contributed by atoms with Crippen LogP contribution in [0.3, 0.4) is 0 Å². The minimum Gasteiger partial charge on any atom is -0.379 e. The number of aliphatic hydroxyl groups is 1. The molecule has 0 saturated carbocycles. The van der Waals surface area contributed by atoms with Crippen molar-refractivity contribution >= 4 is 0 Å².